The van der Waals surface area contributed by atoms with Crippen LogP contribution in [-0.2, 0) is 12.6 Å². The van der Waals surface area contributed by atoms with Crippen LogP contribution in [0.2, 0.25) is 0 Å². The van der Waals surface area contributed by atoms with Crippen LogP contribution < -0.4 is 5.56 Å². The molecule has 0 atom stereocenters. The van der Waals surface area contributed by atoms with E-state index in [-0.39, 0.29) is 22.4 Å². The minimum absolute atomic E-state index is 0.0152. The number of benzene rings is 2. The second kappa shape index (κ2) is 8.31. The molecular formula is C21H15F3N2O2S2. The summed E-state index contributed by atoms with van der Waals surface area (Å²) in [7, 11) is 0. The summed E-state index contributed by atoms with van der Waals surface area (Å²) >= 11 is 2.40. The third-order valence-electron chi connectivity index (χ3n) is 4.53. The fourth-order valence-electron chi connectivity index (χ4n) is 3.08. The summed E-state index contributed by atoms with van der Waals surface area (Å²) in [6, 6.07) is 13.3. The summed E-state index contributed by atoms with van der Waals surface area (Å²) in [6.45, 7) is 0. The van der Waals surface area contributed by atoms with Crippen molar-refractivity contribution in [3.05, 3.63) is 81.8 Å². The average Bonchev–Trinajstić information content (AvgIpc) is 3.21. The van der Waals surface area contributed by atoms with Crippen LogP contribution >= 0.6 is 23.5 Å². The summed E-state index contributed by atoms with van der Waals surface area (Å²) < 4.78 is 40.7. The Kier molecular flexibility index (Phi) is 5.75. The van der Waals surface area contributed by atoms with E-state index >= 15 is 0 Å². The van der Waals surface area contributed by atoms with Gasteiger partial charge >= 0.3 is 6.18 Å². The normalized spacial score (nSPS) is 13.3. The highest BCUT2D eigenvalue weighted by Crippen LogP contribution is 2.33. The highest BCUT2D eigenvalue weighted by Gasteiger charge is 2.31. The molecule has 1 aromatic heterocycles. The van der Waals surface area contributed by atoms with Gasteiger partial charge in [-0.15, -0.1) is 11.8 Å². The molecule has 1 aliphatic heterocycles. The standard InChI is InChI=1S/C21H15F3N2O2S2/c22-21(23,24)14-7-4-8-15(11-14)26-19(28)18-16(9-10-29-18)25-20(26)30-12-17(27)13-5-2-1-3-6-13/h1-8,11H,9-10,12H2. The van der Waals surface area contributed by atoms with E-state index in [1.54, 1.807) is 30.3 Å². The van der Waals surface area contributed by atoms with Crippen molar-refractivity contribution in [3.8, 4) is 5.69 Å². The van der Waals surface area contributed by atoms with Gasteiger partial charge in [0.1, 0.15) is 0 Å². The van der Waals surface area contributed by atoms with Gasteiger partial charge in [-0.2, -0.15) is 13.2 Å². The molecule has 0 radical (unpaired) electrons. The van der Waals surface area contributed by atoms with E-state index in [1.165, 1.54) is 28.5 Å². The van der Waals surface area contributed by atoms with Crippen molar-refractivity contribution < 1.29 is 18.0 Å². The van der Waals surface area contributed by atoms with Crippen molar-refractivity contribution in [1.29, 1.82) is 0 Å². The second-order valence-corrected chi connectivity index (χ2v) is 8.58. The maximum atomic E-state index is 13.2. The Morgan fingerprint density at radius 1 is 1.13 bits per heavy atom. The largest absolute Gasteiger partial charge is 0.416 e. The SMILES string of the molecule is O=C(CSc1nc2c(c(=O)n1-c1cccc(C(F)(F)F)c1)SCC2)c1ccccc1. The van der Waals surface area contributed by atoms with Gasteiger partial charge in [-0.25, -0.2) is 4.98 Å². The third kappa shape index (κ3) is 4.17. The predicted octanol–water partition coefficient (Wildman–Crippen LogP) is 4.87. The topological polar surface area (TPSA) is 52.0 Å². The number of aromatic nitrogens is 2. The maximum absolute atomic E-state index is 13.2. The van der Waals surface area contributed by atoms with E-state index in [2.05, 4.69) is 4.98 Å². The molecule has 4 nitrogen and oxygen atoms in total. The summed E-state index contributed by atoms with van der Waals surface area (Å²) in [5, 5.41) is 0.213. The van der Waals surface area contributed by atoms with Gasteiger partial charge in [-0.3, -0.25) is 14.2 Å². The molecule has 0 unspecified atom stereocenters. The molecule has 4 rings (SSSR count). The number of thioether (sulfide) groups is 2. The van der Waals surface area contributed by atoms with Crippen molar-refractivity contribution in [2.24, 2.45) is 0 Å². The Balaban J connectivity index is 1.75. The van der Waals surface area contributed by atoms with E-state index in [1.807, 2.05) is 0 Å². The van der Waals surface area contributed by atoms with Crippen LogP contribution in [-0.4, -0.2) is 26.8 Å². The molecule has 2 aromatic carbocycles. The lowest BCUT2D eigenvalue weighted by molar-refractivity contribution is -0.137. The maximum Gasteiger partial charge on any atom is 0.416 e. The van der Waals surface area contributed by atoms with Crippen LogP contribution in [0.15, 0.2) is 69.4 Å². The van der Waals surface area contributed by atoms with Crippen LogP contribution in [0, 0.1) is 0 Å². The van der Waals surface area contributed by atoms with Gasteiger partial charge in [-0.05, 0) is 18.2 Å². The molecule has 3 aromatic rings. The number of halogens is 3. The van der Waals surface area contributed by atoms with E-state index < -0.39 is 17.3 Å². The number of carbonyl (C=O) groups excluding carboxylic acids is 1. The smallest absolute Gasteiger partial charge is 0.293 e. The molecule has 0 amide bonds. The first-order chi connectivity index (χ1) is 14.3. The second-order valence-electron chi connectivity index (χ2n) is 6.54. The zero-order valence-corrected chi connectivity index (χ0v) is 17.1. The first-order valence-corrected chi connectivity index (χ1v) is 11.0. The van der Waals surface area contributed by atoms with Crippen molar-refractivity contribution in [1.82, 2.24) is 9.55 Å². The number of fused-ring (bicyclic) bond motifs is 1. The van der Waals surface area contributed by atoms with Crippen molar-refractivity contribution in [2.45, 2.75) is 22.6 Å². The Labute approximate surface area is 178 Å². The van der Waals surface area contributed by atoms with Crippen molar-refractivity contribution >= 4 is 29.3 Å². The zero-order chi connectivity index (χ0) is 21.3. The van der Waals surface area contributed by atoms with Crippen LogP contribution in [0.5, 0.6) is 0 Å². The van der Waals surface area contributed by atoms with Gasteiger partial charge < -0.3 is 0 Å². The van der Waals surface area contributed by atoms with Gasteiger partial charge in [0.2, 0.25) is 0 Å². The molecule has 0 aliphatic carbocycles. The predicted molar refractivity (Wildman–Crippen MR) is 111 cm³/mol. The van der Waals surface area contributed by atoms with E-state index in [4.69, 9.17) is 0 Å². The Morgan fingerprint density at radius 3 is 2.63 bits per heavy atom. The number of aryl methyl sites for hydroxylation is 1. The van der Waals surface area contributed by atoms with E-state index in [9.17, 15) is 22.8 Å². The molecule has 0 fully saturated rings. The minimum Gasteiger partial charge on any atom is -0.293 e. The van der Waals surface area contributed by atoms with Crippen molar-refractivity contribution in [3.63, 3.8) is 0 Å². The highest BCUT2D eigenvalue weighted by molar-refractivity contribution is 8.00. The molecular weight excluding hydrogens is 433 g/mol. The Morgan fingerprint density at radius 2 is 1.90 bits per heavy atom. The van der Waals surface area contributed by atoms with Crippen LogP contribution in [0.25, 0.3) is 5.69 Å². The number of alkyl halides is 3. The van der Waals surface area contributed by atoms with Crippen molar-refractivity contribution in [2.75, 3.05) is 11.5 Å². The molecule has 0 bridgehead atoms. The van der Waals surface area contributed by atoms with E-state index in [0.717, 1.165) is 23.9 Å². The Bertz CT molecular complexity index is 1160. The first-order valence-electron chi connectivity index (χ1n) is 9.02. The fraction of sp³-hybridized carbons (Fsp3) is 0.190. The summed E-state index contributed by atoms with van der Waals surface area (Å²) in [5.41, 5.74) is -0.0299. The molecule has 0 saturated heterocycles. The summed E-state index contributed by atoms with van der Waals surface area (Å²) in [5.74, 6) is 0.554. The first kappa shape index (κ1) is 20.7. The number of ketones is 1. The number of carbonyl (C=O) groups is 1. The monoisotopic (exact) mass is 448 g/mol. The quantitative estimate of drug-likeness (QED) is 0.317. The van der Waals surface area contributed by atoms with E-state index in [0.29, 0.717) is 28.3 Å². The number of hydrogen-bond acceptors (Lipinski definition) is 5. The highest BCUT2D eigenvalue weighted by atomic mass is 32.2. The van der Waals surface area contributed by atoms with Gasteiger partial charge in [0, 0.05) is 17.7 Å². The van der Waals surface area contributed by atoms with Gasteiger partial charge in [0.25, 0.3) is 5.56 Å². The number of rotatable bonds is 5. The van der Waals surface area contributed by atoms with Crippen LogP contribution in [0.3, 0.4) is 0 Å². The molecule has 154 valence electrons. The molecule has 0 spiro atoms. The third-order valence-corrected chi connectivity index (χ3v) is 6.57. The van der Waals surface area contributed by atoms with Gasteiger partial charge in [0.15, 0.2) is 10.9 Å². The molecule has 0 N–H and O–H groups in total. The zero-order valence-electron chi connectivity index (χ0n) is 15.5. The number of hydrogen-bond donors (Lipinski definition) is 0. The van der Waals surface area contributed by atoms with Crippen LogP contribution in [0.4, 0.5) is 13.2 Å². The Hall–Kier alpha value is -2.52. The summed E-state index contributed by atoms with van der Waals surface area (Å²) in [4.78, 5) is 30.5. The molecule has 2 heterocycles. The summed E-state index contributed by atoms with van der Waals surface area (Å²) in [6.07, 6.45) is -3.92. The number of nitrogens with zero attached hydrogens (tertiary/aromatic N) is 2. The lowest BCUT2D eigenvalue weighted by Gasteiger charge is -2.15. The molecule has 0 saturated carbocycles. The molecule has 30 heavy (non-hydrogen) atoms. The lowest BCUT2D eigenvalue weighted by atomic mass is 10.2. The molecule has 1 aliphatic rings. The molecule has 9 heteroatoms. The van der Waals surface area contributed by atoms with Gasteiger partial charge in [0.05, 0.1) is 27.6 Å². The fourth-order valence-corrected chi connectivity index (χ4v) is 5.02. The van der Waals surface area contributed by atoms with Gasteiger partial charge in [-0.1, -0.05) is 48.2 Å². The minimum atomic E-state index is -4.53. The lowest BCUT2D eigenvalue weighted by Crippen LogP contribution is -2.24. The number of Topliss-reactive ketones (excluding diaryl/α,β-unsaturated/α-hetero) is 1. The average molecular weight is 448 g/mol. The van der Waals surface area contributed by atoms with Crippen LogP contribution in [0.1, 0.15) is 21.6 Å².